The fourth-order valence-corrected chi connectivity index (χ4v) is 3.62. The number of sulfonamides is 1. The summed E-state index contributed by atoms with van der Waals surface area (Å²) in [6.45, 7) is 0.567. The smallest absolute Gasteiger partial charge is 0.247 e. The summed E-state index contributed by atoms with van der Waals surface area (Å²) >= 11 is 11.4. The molecule has 1 aliphatic heterocycles. The van der Waals surface area contributed by atoms with E-state index in [0.29, 0.717) is 0 Å². The first-order chi connectivity index (χ1) is 7.93. The molecule has 0 saturated heterocycles. The number of benzene rings is 1. The fraction of sp³-hybridized carbons (Fsp3) is 0.200. The number of phenols is 1. The monoisotopic (exact) mass is 293 g/mol. The Balaban J connectivity index is 2.53. The Morgan fingerprint density at radius 2 is 1.76 bits per heavy atom. The molecule has 0 spiro atoms. The maximum absolute atomic E-state index is 12.2. The molecule has 0 unspecified atom stereocenters. The molecule has 1 aromatic carbocycles. The zero-order valence-corrected chi connectivity index (χ0v) is 10.9. The van der Waals surface area contributed by atoms with Gasteiger partial charge >= 0.3 is 0 Å². The van der Waals surface area contributed by atoms with E-state index in [4.69, 9.17) is 23.2 Å². The summed E-state index contributed by atoms with van der Waals surface area (Å²) in [4.78, 5) is -0.265. The highest BCUT2D eigenvalue weighted by Crippen LogP contribution is 2.35. The molecule has 17 heavy (non-hydrogen) atoms. The van der Waals surface area contributed by atoms with E-state index >= 15 is 0 Å². The number of hydrogen-bond donors (Lipinski definition) is 1. The molecule has 1 aliphatic rings. The Kier molecular flexibility index (Phi) is 3.36. The highest BCUT2D eigenvalue weighted by molar-refractivity contribution is 7.89. The molecule has 0 aromatic heterocycles. The summed E-state index contributed by atoms with van der Waals surface area (Å²) in [5, 5.41) is 9.79. The van der Waals surface area contributed by atoms with E-state index < -0.39 is 15.8 Å². The molecule has 0 fully saturated rings. The largest absolute Gasteiger partial charge is 0.505 e. The second-order valence-electron chi connectivity index (χ2n) is 3.53. The van der Waals surface area contributed by atoms with Crippen LogP contribution < -0.4 is 0 Å². The van der Waals surface area contributed by atoms with Crippen LogP contribution in [0.3, 0.4) is 0 Å². The number of aromatic hydroxyl groups is 1. The van der Waals surface area contributed by atoms with Crippen LogP contribution in [0.25, 0.3) is 0 Å². The zero-order chi connectivity index (χ0) is 12.6. The van der Waals surface area contributed by atoms with Crippen LogP contribution in [0.1, 0.15) is 0 Å². The van der Waals surface area contributed by atoms with E-state index in [1.54, 1.807) is 12.2 Å². The summed E-state index contributed by atoms with van der Waals surface area (Å²) < 4.78 is 25.6. The molecule has 0 radical (unpaired) electrons. The van der Waals surface area contributed by atoms with Gasteiger partial charge in [-0.05, 0) is 12.1 Å². The van der Waals surface area contributed by atoms with Crippen LogP contribution >= 0.6 is 23.2 Å². The number of nitrogens with zero attached hydrogens (tertiary/aromatic N) is 1. The van der Waals surface area contributed by atoms with Crippen molar-refractivity contribution >= 4 is 33.2 Å². The topological polar surface area (TPSA) is 57.6 Å². The number of rotatable bonds is 2. The third-order valence-electron chi connectivity index (χ3n) is 2.40. The van der Waals surface area contributed by atoms with Gasteiger partial charge in [0.25, 0.3) is 0 Å². The lowest BCUT2D eigenvalue weighted by atomic mass is 10.3. The predicted molar refractivity (Wildman–Crippen MR) is 66.0 cm³/mol. The quantitative estimate of drug-likeness (QED) is 0.851. The maximum Gasteiger partial charge on any atom is 0.247 e. The van der Waals surface area contributed by atoms with Crippen molar-refractivity contribution in [2.24, 2.45) is 0 Å². The minimum absolute atomic E-state index is 0.0803. The molecule has 0 saturated carbocycles. The Morgan fingerprint density at radius 1 is 1.18 bits per heavy atom. The summed E-state index contributed by atoms with van der Waals surface area (Å²) in [7, 11) is -3.76. The van der Waals surface area contributed by atoms with Crippen LogP contribution in [-0.4, -0.2) is 30.9 Å². The molecule has 4 nitrogen and oxygen atoms in total. The average Bonchev–Trinajstić information content (AvgIpc) is 2.76. The van der Waals surface area contributed by atoms with Crippen molar-refractivity contribution in [2.75, 3.05) is 13.1 Å². The standard InChI is InChI=1S/C10H9Cl2NO3S/c11-7-5-8(12)10(14)9(6-7)17(15,16)13-3-1-2-4-13/h1-2,5-6,14H,3-4H2. The molecule has 7 heteroatoms. The van der Waals surface area contributed by atoms with Crippen molar-refractivity contribution in [3.63, 3.8) is 0 Å². The van der Waals surface area contributed by atoms with Crippen LogP contribution in [0.15, 0.2) is 29.2 Å². The van der Waals surface area contributed by atoms with Gasteiger partial charge in [0.05, 0.1) is 5.02 Å². The Bertz CT molecular complexity index is 575. The highest BCUT2D eigenvalue weighted by Gasteiger charge is 2.29. The van der Waals surface area contributed by atoms with Gasteiger partial charge in [-0.15, -0.1) is 0 Å². The summed E-state index contributed by atoms with van der Waals surface area (Å²) in [6, 6.07) is 2.48. The van der Waals surface area contributed by atoms with E-state index in [2.05, 4.69) is 0 Å². The molecule has 92 valence electrons. The molecule has 0 aliphatic carbocycles. The normalized spacial score (nSPS) is 16.6. The van der Waals surface area contributed by atoms with E-state index in [1.807, 2.05) is 0 Å². The van der Waals surface area contributed by atoms with Gasteiger partial charge in [0, 0.05) is 18.1 Å². The first-order valence-electron chi connectivity index (χ1n) is 4.76. The van der Waals surface area contributed by atoms with Crippen LogP contribution in [0.5, 0.6) is 5.75 Å². The first-order valence-corrected chi connectivity index (χ1v) is 6.95. The molecule has 0 amide bonds. The molecule has 0 atom stereocenters. The predicted octanol–water partition coefficient (Wildman–Crippen LogP) is 2.26. The Labute approximate surface area is 109 Å². The minimum atomic E-state index is -3.76. The average molecular weight is 294 g/mol. The third kappa shape index (κ3) is 2.28. The van der Waals surface area contributed by atoms with Crippen LogP contribution in [0.4, 0.5) is 0 Å². The zero-order valence-electron chi connectivity index (χ0n) is 8.60. The van der Waals surface area contributed by atoms with E-state index in [0.717, 1.165) is 0 Å². The summed E-state index contributed by atoms with van der Waals surface area (Å²) in [5.41, 5.74) is 0. The van der Waals surface area contributed by atoms with Gasteiger partial charge in [-0.3, -0.25) is 0 Å². The number of halogens is 2. The van der Waals surface area contributed by atoms with Crippen LogP contribution in [-0.2, 0) is 10.0 Å². The molecular weight excluding hydrogens is 285 g/mol. The van der Waals surface area contributed by atoms with Crippen molar-refractivity contribution < 1.29 is 13.5 Å². The van der Waals surface area contributed by atoms with Gasteiger partial charge in [0.2, 0.25) is 10.0 Å². The summed E-state index contributed by atoms with van der Waals surface area (Å²) in [5.74, 6) is -0.469. The molecule has 0 bridgehead atoms. The van der Waals surface area contributed by atoms with Crippen molar-refractivity contribution in [3.05, 3.63) is 34.3 Å². The van der Waals surface area contributed by atoms with Crippen molar-refractivity contribution in [2.45, 2.75) is 4.90 Å². The molecule has 1 aromatic rings. The van der Waals surface area contributed by atoms with Crippen LogP contribution in [0, 0.1) is 0 Å². The van der Waals surface area contributed by atoms with Crippen molar-refractivity contribution in [1.82, 2.24) is 4.31 Å². The lowest BCUT2D eigenvalue weighted by molar-refractivity contribution is 0.447. The van der Waals surface area contributed by atoms with Gasteiger partial charge in [-0.1, -0.05) is 35.4 Å². The lowest BCUT2D eigenvalue weighted by Gasteiger charge is -2.17. The fourth-order valence-electron chi connectivity index (χ4n) is 1.53. The third-order valence-corrected chi connectivity index (χ3v) is 4.75. The van der Waals surface area contributed by atoms with Gasteiger partial charge in [0.15, 0.2) is 5.75 Å². The highest BCUT2D eigenvalue weighted by atomic mass is 35.5. The molecule has 2 rings (SSSR count). The van der Waals surface area contributed by atoms with Gasteiger partial charge < -0.3 is 5.11 Å². The van der Waals surface area contributed by atoms with E-state index in [1.165, 1.54) is 16.4 Å². The molecule has 1 heterocycles. The SMILES string of the molecule is O=S(=O)(c1cc(Cl)cc(Cl)c1O)N1CC=CC1. The first kappa shape index (κ1) is 12.7. The summed E-state index contributed by atoms with van der Waals surface area (Å²) in [6.07, 6.45) is 3.47. The molecular formula is C10H9Cl2NO3S. The Morgan fingerprint density at radius 3 is 2.35 bits per heavy atom. The van der Waals surface area contributed by atoms with Gasteiger partial charge in [-0.25, -0.2) is 8.42 Å². The second kappa shape index (κ2) is 4.49. The van der Waals surface area contributed by atoms with E-state index in [-0.39, 0.29) is 28.0 Å². The second-order valence-corrected chi connectivity index (χ2v) is 6.28. The lowest BCUT2D eigenvalue weighted by Crippen LogP contribution is -2.28. The number of phenolic OH excluding ortho intramolecular Hbond substituents is 1. The van der Waals surface area contributed by atoms with Gasteiger partial charge in [0.1, 0.15) is 4.90 Å². The van der Waals surface area contributed by atoms with Gasteiger partial charge in [-0.2, -0.15) is 4.31 Å². The van der Waals surface area contributed by atoms with Crippen LogP contribution in [0.2, 0.25) is 10.0 Å². The molecule has 1 N–H and O–H groups in total. The van der Waals surface area contributed by atoms with Crippen molar-refractivity contribution in [1.29, 1.82) is 0 Å². The maximum atomic E-state index is 12.2. The Hall–Kier alpha value is -0.750. The number of hydrogen-bond acceptors (Lipinski definition) is 3. The minimum Gasteiger partial charge on any atom is -0.505 e. The van der Waals surface area contributed by atoms with Crippen molar-refractivity contribution in [3.8, 4) is 5.75 Å². The van der Waals surface area contributed by atoms with E-state index in [9.17, 15) is 13.5 Å².